The van der Waals surface area contributed by atoms with Crippen molar-refractivity contribution in [3.05, 3.63) is 94.1 Å². The summed E-state index contributed by atoms with van der Waals surface area (Å²) in [5.74, 6) is -13.2. The lowest BCUT2D eigenvalue weighted by molar-refractivity contribution is -0.345. The zero-order valence-corrected chi connectivity index (χ0v) is 74.1. The number of ether oxygens (including phenoxy) is 15. The van der Waals surface area contributed by atoms with Crippen molar-refractivity contribution in [3.8, 4) is 0 Å². The number of methoxy groups -OCH3 is 2. The predicted octanol–water partition coefficient (Wildman–Crippen LogP) is 7.00. The maximum Gasteiger partial charge on any atom is 0.508 e. The van der Waals surface area contributed by atoms with E-state index >= 15 is 9.59 Å². The number of aliphatic hydroxyl groups is 5. The number of alkyl carbamates (subject to hydrolysis) is 1. The molecule has 124 heavy (non-hydrogen) atoms. The number of Topliss-reactive ketones (excluding diaryl/α,β-unsaturated/α-hetero) is 2. The molecule has 8 fully saturated rings. The molecular formula is C88H114N2O34. The van der Waals surface area contributed by atoms with E-state index in [4.69, 9.17) is 71.1 Å². The summed E-state index contributed by atoms with van der Waals surface area (Å²) < 4.78 is 86.8. The highest BCUT2D eigenvalue weighted by Crippen LogP contribution is 2.69. The van der Waals surface area contributed by atoms with Gasteiger partial charge in [0.2, 0.25) is 6.10 Å². The summed E-state index contributed by atoms with van der Waals surface area (Å²) in [5, 5.41) is 66.3. The second kappa shape index (κ2) is 31.8. The Labute approximate surface area is 716 Å². The fourth-order valence-electron chi connectivity index (χ4n) is 20.7. The number of carbonyl (C=O) groups is 14. The summed E-state index contributed by atoms with van der Waals surface area (Å²) in [5.41, 5.74) is -25.7. The third-order valence-corrected chi connectivity index (χ3v) is 27.8. The van der Waals surface area contributed by atoms with Gasteiger partial charge in [-0.2, -0.15) is 0 Å². The summed E-state index contributed by atoms with van der Waals surface area (Å²) >= 11 is 0. The Bertz CT molecular complexity index is 4790. The first kappa shape index (κ1) is 94.7. The van der Waals surface area contributed by atoms with Crippen molar-refractivity contribution in [1.29, 1.82) is 0 Å². The number of esters is 7. The average Bonchev–Trinajstić information content (AvgIpc) is 0.734. The number of carbonyl (C=O) groups excluding carboxylic acids is 14. The van der Waals surface area contributed by atoms with Gasteiger partial charge < -0.3 is 102 Å². The minimum Gasteiger partial charge on any atom is -0.455 e. The molecule has 0 radical (unpaired) electrons. The molecule has 4 saturated carbocycles. The number of amides is 3. The molecule has 10 aliphatic rings. The highest BCUT2D eigenvalue weighted by molar-refractivity contribution is 6.04. The minimum atomic E-state index is -2.51. The monoisotopic (exact) mass is 1740 g/mol. The molecule has 6 aliphatic carbocycles. The van der Waals surface area contributed by atoms with Gasteiger partial charge in [-0.1, -0.05) is 84.9 Å². The quantitative estimate of drug-likeness (QED) is 0.0593. The first-order valence-electron chi connectivity index (χ1n) is 40.9. The number of benzene rings is 2. The fourth-order valence-corrected chi connectivity index (χ4v) is 20.7. The summed E-state index contributed by atoms with van der Waals surface area (Å²) in [6.07, 6.45) is -23.4. The molecule has 0 spiro atoms. The predicted molar refractivity (Wildman–Crippen MR) is 423 cm³/mol. The van der Waals surface area contributed by atoms with Gasteiger partial charge in [0.1, 0.15) is 52.4 Å². The van der Waals surface area contributed by atoms with Crippen LogP contribution in [-0.4, -0.2) is 260 Å². The Hall–Kier alpha value is -9.98. The summed E-state index contributed by atoms with van der Waals surface area (Å²) in [4.78, 5) is 195. The molecule has 22 atom stereocenters. The van der Waals surface area contributed by atoms with Gasteiger partial charge in [-0.3, -0.25) is 28.8 Å². The Morgan fingerprint density at radius 1 is 0.565 bits per heavy atom. The molecule has 4 aliphatic heterocycles. The molecule has 680 valence electrons. The van der Waals surface area contributed by atoms with Crippen LogP contribution in [-0.2, 0) is 109 Å². The molecule has 4 bridgehead atoms. The van der Waals surface area contributed by atoms with Gasteiger partial charge in [0, 0.05) is 50.4 Å². The molecule has 36 nitrogen and oxygen atoms in total. The van der Waals surface area contributed by atoms with Gasteiger partial charge in [-0.25, -0.2) is 43.3 Å². The molecule has 4 saturated heterocycles. The van der Waals surface area contributed by atoms with E-state index in [1.54, 1.807) is 77.9 Å². The molecule has 4 heterocycles. The van der Waals surface area contributed by atoms with Crippen LogP contribution in [0.1, 0.15) is 199 Å². The van der Waals surface area contributed by atoms with E-state index in [1.165, 1.54) is 121 Å². The third kappa shape index (κ3) is 15.1. The molecule has 5 unspecified atom stereocenters. The number of ketones is 2. The van der Waals surface area contributed by atoms with Crippen LogP contribution in [0.4, 0.5) is 19.2 Å². The van der Waals surface area contributed by atoms with Gasteiger partial charge in [-0.05, 0) is 142 Å². The first-order chi connectivity index (χ1) is 57.0. The number of rotatable bonds is 15. The summed E-state index contributed by atoms with van der Waals surface area (Å²) in [7, 11) is 2.11. The maximum absolute atomic E-state index is 15.6. The van der Waals surface area contributed by atoms with E-state index in [0.29, 0.717) is 4.90 Å². The van der Waals surface area contributed by atoms with Gasteiger partial charge in [0.15, 0.2) is 46.7 Å². The lowest BCUT2D eigenvalue weighted by atomic mass is 9.44. The number of hydrogen-bond acceptors (Lipinski definition) is 34. The first-order valence-corrected chi connectivity index (χ1v) is 40.9. The Morgan fingerprint density at radius 3 is 1.30 bits per heavy atom. The highest BCUT2D eigenvalue weighted by Gasteiger charge is 2.82. The lowest BCUT2D eigenvalue weighted by Gasteiger charge is -2.67. The van der Waals surface area contributed by atoms with Crippen molar-refractivity contribution in [3.63, 3.8) is 0 Å². The topological polar surface area (TPSA) is 494 Å². The van der Waals surface area contributed by atoms with E-state index in [1.807, 2.05) is 0 Å². The van der Waals surface area contributed by atoms with E-state index in [0.717, 1.165) is 28.1 Å². The third-order valence-electron chi connectivity index (χ3n) is 27.8. The van der Waals surface area contributed by atoms with Crippen molar-refractivity contribution in [1.82, 2.24) is 10.2 Å². The van der Waals surface area contributed by atoms with Crippen LogP contribution in [0, 0.1) is 44.3 Å². The number of aliphatic hydroxyl groups excluding tert-OH is 3. The lowest BCUT2D eigenvalue weighted by Crippen LogP contribution is -2.82. The molecular weight excluding hydrogens is 1630 g/mol. The highest BCUT2D eigenvalue weighted by atomic mass is 16.8. The Kier molecular flexibility index (Phi) is 24.3. The largest absolute Gasteiger partial charge is 0.508 e. The number of nitrogens with one attached hydrogen (secondary N) is 1. The maximum atomic E-state index is 15.6. The van der Waals surface area contributed by atoms with Crippen LogP contribution in [0.15, 0.2) is 83.0 Å². The van der Waals surface area contributed by atoms with Crippen molar-refractivity contribution in [2.75, 3.05) is 27.4 Å². The van der Waals surface area contributed by atoms with Gasteiger partial charge in [-0.15, -0.1) is 0 Å². The van der Waals surface area contributed by atoms with Crippen LogP contribution >= 0.6 is 0 Å². The molecule has 2 aromatic rings. The number of imide groups is 1. The van der Waals surface area contributed by atoms with Crippen LogP contribution in [0.25, 0.3) is 0 Å². The number of fused-ring (bicyclic) bond motifs is 10. The molecule has 6 N–H and O–H groups in total. The average molecular weight is 1740 g/mol. The molecule has 12 rings (SSSR count). The van der Waals surface area contributed by atoms with Crippen molar-refractivity contribution in [2.45, 2.75) is 296 Å². The van der Waals surface area contributed by atoms with Crippen LogP contribution < -0.4 is 5.32 Å². The van der Waals surface area contributed by atoms with Crippen LogP contribution in [0.2, 0.25) is 0 Å². The second-order valence-electron chi connectivity index (χ2n) is 39.1. The zero-order chi connectivity index (χ0) is 92.8. The van der Waals surface area contributed by atoms with E-state index in [-0.39, 0.29) is 46.3 Å². The Morgan fingerprint density at radius 2 is 0.960 bits per heavy atom. The van der Waals surface area contributed by atoms with Crippen LogP contribution in [0.3, 0.4) is 0 Å². The molecule has 3 amide bonds. The SMILES string of the molecule is COC(=O)O[C@@]12CO[C@@H]1CC(O)[C@@]1(C)C(=O)[C@H](OC(C)=O)C3=C(C)[C@@](C)(OC(=O)C4OC(=O)C(C)(C)[C@@H]4NC(=O)OC(C)(C)C)C[C@@](O)([C@@H](OC(=O)c4ccccc4)C12)C3(C)C.COC(=O)O[C@@]12CO[C@@H]1CC(O)[C@@]1(C)C(=O)[C@H](OC(C)=O)C3=C(C)[C@@](C)(OC(=O)[C@H](O)[C@@H](N4C(=O)OC(C)(C)C4=O)C(C)(C)C)C[C@@](O)([C@@H](OC(=O)c4ccccc4)C12)C3(C)C. The van der Waals surface area contributed by atoms with Gasteiger partial charge in [0.05, 0.1) is 90.9 Å². The van der Waals surface area contributed by atoms with E-state index < -0.39 is 272 Å². The second-order valence-corrected chi connectivity index (χ2v) is 39.1. The van der Waals surface area contributed by atoms with E-state index in [2.05, 4.69) is 5.32 Å². The van der Waals surface area contributed by atoms with Crippen molar-refractivity contribution >= 4 is 83.8 Å². The molecule has 36 heteroatoms. The Balaban J connectivity index is 0.000000241. The van der Waals surface area contributed by atoms with Crippen molar-refractivity contribution in [2.24, 2.45) is 44.3 Å². The minimum absolute atomic E-state index is 0.0222. The normalized spacial score (nSPS) is 36.2. The molecule has 2 aromatic carbocycles. The zero-order valence-electron chi connectivity index (χ0n) is 74.1. The summed E-state index contributed by atoms with van der Waals surface area (Å²) in [6, 6.07) is 12.6. The fraction of sp³-hybridized carbons (Fsp3) is 0.659. The summed E-state index contributed by atoms with van der Waals surface area (Å²) in [6.45, 7) is 31.2. The number of cyclic esters (lactones) is 2. The van der Waals surface area contributed by atoms with E-state index in [9.17, 15) is 83.1 Å². The molecule has 0 aromatic heterocycles. The van der Waals surface area contributed by atoms with Crippen LogP contribution in [0.5, 0.6) is 0 Å². The number of hydrogen-bond donors (Lipinski definition) is 6. The van der Waals surface area contributed by atoms with Crippen molar-refractivity contribution < 1.29 is 164 Å². The standard InChI is InChI=1S/2C44H57NO17/c1-21-26-28(58-22(2)46)31(49)42(11)24(47)18-25-43(20-57-25,62-37(54)56-12)29(42)32(59-33(50)23-16-14-13-15-17-23)44(55,39(26,6)7)19-41(21,10)60-34(51)27(48)30(38(3,4)5)45-35(52)40(8,9)61-36(45)53;1-21-26-27(57-22(2)46)31(48)42(11)24(47)18-25-43(20-56-25,62-37(53)55-12)29(42)32(59-33(49)23-16-14-13-15-17-23)44(54,40(26,8)9)19-41(21,10)60-34(50)28-30(39(6,7)35(51)58-28)45-36(52)61-38(3,4)5/h13-17,24-25,27-30,32,47-48,55H,18-20H2,1-12H3;13-17,24-25,27-30,32,47,54H,18-20H2,1-12H3,(H,45,52)/t24?,25-,27-,28-,29?,30-,32+,41+,42-,43+,44-;24?,25-,27-,28?,29?,30-,32+,41+,42-,43+,44-/m11/s1. The van der Waals surface area contributed by atoms with Gasteiger partial charge in [0.25, 0.3) is 5.91 Å². The van der Waals surface area contributed by atoms with Gasteiger partial charge >= 0.3 is 66.3 Å². The number of nitrogens with zero attached hydrogens (tertiary/aromatic N) is 1. The smallest absolute Gasteiger partial charge is 0.455 e.